The van der Waals surface area contributed by atoms with E-state index in [0.29, 0.717) is 17.0 Å². The van der Waals surface area contributed by atoms with Gasteiger partial charge in [0.05, 0.1) is 17.3 Å². The lowest BCUT2D eigenvalue weighted by Gasteiger charge is -2.20. The number of hydrogen-bond donors (Lipinski definition) is 2. The smallest absolute Gasteiger partial charge is 0.0682 e. The second kappa shape index (κ2) is 5.38. The molecular formula is C12H18ClNO. The molecule has 0 aliphatic heterocycles. The molecule has 1 aromatic rings. The molecule has 1 unspecified atom stereocenters. The van der Waals surface area contributed by atoms with Crippen molar-refractivity contribution < 1.29 is 5.11 Å². The van der Waals surface area contributed by atoms with Gasteiger partial charge >= 0.3 is 0 Å². The van der Waals surface area contributed by atoms with E-state index in [2.05, 4.69) is 26.1 Å². The highest BCUT2D eigenvalue weighted by atomic mass is 35.5. The van der Waals surface area contributed by atoms with Gasteiger partial charge in [-0.2, -0.15) is 0 Å². The molecule has 0 aliphatic rings. The lowest BCUT2D eigenvalue weighted by molar-refractivity contribution is 0.282. The monoisotopic (exact) mass is 227 g/mol. The van der Waals surface area contributed by atoms with Crippen LogP contribution in [0.3, 0.4) is 0 Å². The standard InChI is InChI=1S/C12H18ClNO/c1-8(2)9(3)14-12-6-10(7-15)4-5-11(12)13/h4-6,8-9,14-15H,7H2,1-3H3. The zero-order valence-electron chi connectivity index (χ0n) is 9.42. The van der Waals surface area contributed by atoms with Gasteiger partial charge in [0.2, 0.25) is 0 Å². The van der Waals surface area contributed by atoms with Crippen LogP contribution < -0.4 is 5.32 Å². The zero-order chi connectivity index (χ0) is 11.4. The van der Waals surface area contributed by atoms with Crippen molar-refractivity contribution in [2.75, 3.05) is 5.32 Å². The number of hydrogen-bond acceptors (Lipinski definition) is 2. The minimum atomic E-state index is 0.0436. The lowest BCUT2D eigenvalue weighted by Crippen LogP contribution is -2.21. The lowest BCUT2D eigenvalue weighted by atomic mass is 10.1. The Morgan fingerprint density at radius 1 is 1.33 bits per heavy atom. The van der Waals surface area contributed by atoms with E-state index in [1.54, 1.807) is 0 Å². The predicted molar refractivity (Wildman–Crippen MR) is 65.3 cm³/mol. The Hall–Kier alpha value is -0.730. The van der Waals surface area contributed by atoms with Gasteiger partial charge in [0, 0.05) is 6.04 Å². The van der Waals surface area contributed by atoms with Crippen LogP contribution in [0, 0.1) is 5.92 Å². The van der Waals surface area contributed by atoms with E-state index in [0.717, 1.165) is 11.3 Å². The Balaban J connectivity index is 2.83. The summed E-state index contributed by atoms with van der Waals surface area (Å²) in [6.45, 7) is 6.47. The van der Waals surface area contributed by atoms with Crippen LogP contribution in [0.4, 0.5) is 5.69 Å². The van der Waals surface area contributed by atoms with Gasteiger partial charge in [-0.15, -0.1) is 0 Å². The summed E-state index contributed by atoms with van der Waals surface area (Å²) >= 11 is 6.06. The second-order valence-electron chi connectivity index (χ2n) is 4.15. The van der Waals surface area contributed by atoms with E-state index in [1.807, 2.05) is 18.2 Å². The second-order valence-corrected chi connectivity index (χ2v) is 4.56. The van der Waals surface area contributed by atoms with Crippen molar-refractivity contribution in [1.29, 1.82) is 0 Å². The molecule has 0 amide bonds. The fourth-order valence-corrected chi connectivity index (χ4v) is 1.37. The summed E-state index contributed by atoms with van der Waals surface area (Å²) < 4.78 is 0. The van der Waals surface area contributed by atoms with Crippen molar-refractivity contribution in [1.82, 2.24) is 0 Å². The van der Waals surface area contributed by atoms with Gasteiger partial charge in [0.1, 0.15) is 0 Å². The molecule has 3 heteroatoms. The summed E-state index contributed by atoms with van der Waals surface area (Å²) in [5.41, 5.74) is 1.77. The van der Waals surface area contributed by atoms with Crippen molar-refractivity contribution in [2.45, 2.75) is 33.4 Å². The first-order valence-electron chi connectivity index (χ1n) is 5.20. The van der Waals surface area contributed by atoms with Crippen molar-refractivity contribution in [3.63, 3.8) is 0 Å². The number of halogens is 1. The molecule has 0 saturated carbocycles. The van der Waals surface area contributed by atoms with Crippen LogP contribution in [0.5, 0.6) is 0 Å². The maximum atomic E-state index is 9.03. The quantitative estimate of drug-likeness (QED) is 0.828. The highest BCUT2D eigenvalue weighted by Crippen LogP contribution is 2.24. The Labute approximate surface area is 96.3 Å². The summed E-state index contributed by atoms with van der Waals surface area (Å²) in [5, 5.41) is 13.1. The summed E-state index contributed by atoms with van der Waals surface area (Å²) in [4.78, 5) is 0. The van der Waals surface area contributed by atoms with Crippen LogP contribution >= 0.6 is 11.6 Å². The van der Waals surface area contributed by atoms with E-state index < -0.39 is 0 Å². The Morgan fingerprint density at radius 3 is 2.53 bits per heavy atom. The highest BCUT2D eigenvalue weighted by Gasteiger charge is 2.09. The average Bonchev–Trinajstić information content (AvgIpc) is 2.21. The molecule has 0 bridgehead atoms. The molecule has 84 valence electrons. The molecule has 0 aromatic heterocycles. The third-order valence-corrected chi connectivity index (χ3v) is 2.93. The Bertz CT molecular complexity index is 325. The first-order valence-corrected chi connectivity index (χ1v) is 5.58. The summed E-state index contributed by atoms with van der Waals surface area (Å²) in [7, 11) is 0. The summed E-state index contributed by atoms with van der Waals surface area (Å²) in [5.74, 6) is 0.541. The van der Waals surface area contributed by atoms with E-state index >= 15 is 0 Å². The van der Waals surface area contributed by atoms with Gasteiger partial charge in [-0.1, -0.05) is 31.5 Å². The maximum Gasteiger partial charge on any atom is 0.0682 e. The van der Waals surface area contributed by atoms with Crippen molar-refractivity contribution >= 4 is 17.3 Å². The molecule has 0 fully saturated rings. The first kappa shape index (κ1) is 12.3. The molecule has 1 atom stereocenters. The van der Waals surface area contributed by atoms with Crippen LogP contribution in [0.1, 0.15) is 26.3 Å². The topological polar surface area (TPSA) is 32.3 Å². The minimum absolute atomic E-state index is 0.0436. The molecule has 1 rings (SSSR count). The molecule has 0 radical (unpaired) electrons. The molecule has 0 aliphatic carbocycles. The van der Waals surface area contributed by atoms with Gasteiger partial charge in [0.25, 0.3) is 0 Å². The Kier molecular flexibility index (Phi) is 4.43. The van der Waals surface area contributed by atoms with Gasteiger partial charge in [-0.25, -0.2) is 0 Å². The molecule has 15 heavy (non-hydrogen) atoms. The minimum Gasteiger partial charge on any atom is -0.392 e. The van der Waals surface area contributed by atoms with Crippen LogP contribution in [0.15, 0.2) is 18.2 Å². The van der Waals surface area contributed by atoms with Gasteiger partial charge < -0.3 is 10.4 Å². The van der Waals surface area contributed by atoms with Crippen LogP contribution in [0.25, 0.3) is 0 Å². The van der Waals surface area contributed by atoms with Crippen molar-refractivity contribution in [3.8, 4) is 0 Å². The molecule has 0 heterocycles. The highest BCUT2D eigenvalue weighted by molar-refractivity contribution is 6.33. The fourth-order valence-electron chi connectivity index (χ4n) is 1.19. The molecule has 0 saturated heterocycles. The third kappa shape index (κ3) is 3.40. The third-order valence-electron chi connectivity index (χ3n) is 2.60. The number of aliphatic hydroxyl groups is 1. The van der Waals surface area contributed by atoms with Crippen LogP contribution in [0.2, 0.25) is 5.02 Å². The normalized spacial score (nSPS) is 12.9. The molecular weight excluding hydrogens is 210 g/mol. The summed E-state index contributed by atoms with van der Waals surface area (Å²) in [6, 6.07) is 5.88. The van der Waals surface area contributed by atoms with Gasteiger partial charge in [-0.3, -0.25) is 0 Å². The van der Waals surface area contributed by atoms with Gasteiger partial charge in [0.15, 0.2) is 0 Å². The number of rotatable bonds is 4. The number of anilines is 1. The SMILES string of the molecule is CC(C)C(C)Nc1cc(CO)ccc1Cl. The predicted octanol–water partition coefficient (Wildman–Crippen LogP) is 3.29. The van der Waals surface area contributed by atoms with Crippen LogP contribution in [-0.4, -0.2) is 11.1 Å². The number of nitrogens with one attached hydrogen (secondary N) is 1. The summed E-state index contributed by atoms with van der Waals surface area (Å²) in [6.07, 6.45) is 0. The average molecular weight is 228 g/mol. The van der Waals surface area contributed by atoms with Gasteiger partial charge in [-0.05, 0) is 30.5 Å². The number of benzene rings is 1. The molecule has 1 aromatic carbocycles. The fraction of sp³-hybridized carbons (Fsp3) is 0.500. The van der Waals surface area contributed by atoms with Crippen molar-refractivity contribution in [3.05, 3.63) is 28.8 Å². The van der Waals surface area contributed by atoms with E-state index in [9.17, 15) is 0 Å². The molecule has 0 spiro atoms. The molecule has 2 nitrogen and oxygen atoms in total. The zero-order valence-corrected chi connectivity index (χ0v) is 10.2. The first-order chi connectivity index (χ1) is 7.04. The molecule has 2 N–H and O–H groups in total. The van der Waals surface area contributed by atoms with Crippen molar-refractivity contribution in [2.24, 2.45) is 5.92 Å². The van der Waals surface area contributed by atoms with E-state index in [-0.39, 0.29) is 6.61 Å². The largest absolute Gasteiger partial charge is 0.392 e. The maximum absolute atomic E-state index is 9.03. The van der Waals surface area contributed by atoms with Crippen LogP contribution in [-0.2, 0) is 6.61 Å². The Morgan fingerprint density at radius 2 is 2.00 bits per heavy atom. The van der Waals surface area contributed by atoms with E-state index in [1.165, 1.54) is 0 Å². The van der Waals surface area contributed by atoms with E-state index in [4.69, 9.17) is 16.7 Å². The number of aliphatic hydroxyl groups excluding tert-OH is 1.